The second-order valence-corrected chi connectivity index (χ2v) is 7.70. The van der Waals surface area contributed by atoms with Gasteiger partial charge in [-0.15, -0.1) is 0 Å². The highest BCUT2D eigenvalue weighted by molar-refractivity contribution is 5.95. The van der Waals surface area contributed by atoms with Gasteiger partial charge in [-0.25, -0.2) is 9.59 Å². The number of esters is 2. The first-order chi connectivity index (χ1) is 12.3. The SMILES string of the molecule is CC(C)C[C@H](NC(=O)[C@H](C)N)C(=O)OC(=O)[C@H](CC(C)C)NC(=O)[C@H](C)N. The Bertz CT molecular complexity index is 486. The molecule has 0 heterocycles. The molecule has 0 aliphatic rings. The number of rotatable bonds is 10. The third-order valence-electron chi connectivity index (χ3n) is 3.64. The predicted molar refractivity (Wildman–Crippen MR) is 101 cm³/mol. The molecule has 0 unspecified atom stereocenters. The average Bonchev–Trinajstić information content (AvgIpc) is 2.51. The number of hydrogen-bond donors (Lipinski definition) is 4. The minimum Gasteiger partial charge on any atom is -0.390 e. The van der Waals surface area contributed by atoms with Crippen LogP contribution in [0, 0.1) is 11.8 Å². The second kappa shape index (κ2) is 11.7. The number of amides is 2. The van der Waals surface area contributed by atoms with Crippen molar-refractivity contribution in [1.82, 2.24) is 10.6 Å². The van der Waals surface area contributed by atoms with Crippen molar-refractivity contribution < 1.29 is 23.9 Å². The maximum Gasteiger partial charge on any atom is 0.336 e. The number of hydrogen-bond acceptors (Lipinski definition) is 7. The summed E-state index contributed by atoms with van der Waals surface area (Å²) in [6.07, 6.45) is 0.567. The van der Waals surface area contributed by atoms with E-state index in [0.717, 1.165) is 0 Å². The molecule has 0 aromatic heterocycles. The molecule has 4 atom stereocenters. The number of ether oxygens (including phenoxy) is 1. The Balaban J connectivity index is 5.18. The molecule has 0 saturated carbocycles. The van der Waals surface area contributed by atoms with Gasteiger partial charge in [-0.3, -0.25) is 9.59 Å². The monoisotopic (exact) mass is 386 g/mol. The third-order valence-corrected chi connectivity index (χ3v) is 3.64. The average molecular weight is 386 g/mol. The molecule has 0 radical (unpaired) electrons. The summed E-state index contributed by atoms with van der Waals surface area (Å²) >= 11 is 0. The van der Waals surface area contributed by atoms with Crippen molar-refractivity contribution in [3.05, 3.63) is 0 Å². The van der Waals surface area contributed by atoms with Gasteiger partial charge in [0.2, 0.25) is 11.8 Å². The lowest BCUT2D eigenvalue weighted by molar-refractivity contribution is -0.164. The van der Waals surface area contributed by atoms with E-state index in [1.807, 2.05) is 27.7 Å². The summed E-state index contributed by atoms with van der Waals surface area (Å²) in [5, 5.41) is 4.99. The van der Waals surface area contributed by atoms with Gasteiger partial charge in [0.1, 0.15) is 12.1 Å². The minimum absolute atomic E-state index is 0.0651. The smallest absolute Gasteiger partial charge is 0.336 e. The number of carbonyl (C=O) groups is 4. The Morgan fingerprint density at radius 2 is 1.00 bits per heavy atom. The first-order valence-corrected chi connectivity index (χ1v) is 9.22. The van der Waals surface area contributed by atoms with Crippen LogP contribution in [0.4, 0.5) is 0 Å². The van der Waals surface area contributed by atoms with E-state index in [1.165, 1.54) is 13.8 Å². The van der Waals surface area contributed by atoms with E-state index < -0.39 is 47.9 Å². The third kappa shape index (κ3) is 10.0. The molecule has 0 saturated heterocycles. The number of nitrogens with two attached hydrogens (primary N) is 2. The fourth-order valence-corrected chi connectivity index (χ4v) is 2.22. The highest BCUT2D eigenvalue weighted by Gasteiger charge is 2.31. The van der Waals surface area contributed by atoms with Crippen LogP contribution in [-0.4, -0.2) is 47.9 Å². The summed E-state index contributed by atoms with van der Waals surface area (Å²) in [4.78, 5) is 48.5. The van der Waals surface area contributed by atoms with Gasteiger partial charge in [-0.05, 0) is 38.5 Å². The molecular weight excluding hydrogens is 352 g/mol. The summed E-state index contributed by atoms with van der Waals surface area (Å²) in [5.74, 6) is -2.67. The minimum atomic E-state index is -1.00. The topological polar surface area (TPSA) is 154 Å². The van der Waals surface area contributed by atoms with Crippen molar-refractivity contribution in [1.29, 1.82) is 0 Å². The van der Waals surface area contributed by atoms with Gasteiger partial charge in [-0.1, -0.05) is 27.7 Å². The van der Waals surface area contributed by atoms with Crippen LogP contribution >= 0.6 is 0 Å². The molecule has 0 aliphatic heterocycles. The maximum absolute atomic E-state index is 12.4. The highest BCUT2D eigenvalue weighted by atomic mass is 16.6. The summed E-state index contributed by atoms with van der Waals surface area (Å²) in [6, 6.07) is -3.61. The van der Waals surface area contributed by atoms with Crippen LogP contribution < -0.4 is 22.1 Å². The van der Waals surface area contributed by atoms with Gasteiger partial charge in [0.05, 0.1) is 12.1 Å². The lowest BCUT2D eigenvalue weighted by atomic mass is 10.0. The van der Waals surface area contributed by atoms with Crippen LogP contribution in [0.5, 0.6) is 0 Å². The van der Waals surface area contributed by atoms with Crippen LogP contribution in [0.3, 0.4) is 0 Å². The van der Waals surface area contributed by atoms with Crippen LogP contribution in [0.1, 0.15) is 54.4 Å². The van der Waals surface area contributed by atoms with Crippen molar-refractivity contribution in [2.24, 2.45) is 23.3 Å². The molecule has 0 bridgehead atoms. The zero-order valence-corrected chi connectivity index (χ0v) is 17.1. The largest absolute Gasteiger partial charge is 0.390 e. The zero-order chi connectivity index (χ0) is 21.3. The van der Waals surface area contributed by atoms with Gasteiger partial charge in [0.25, 0.3) is 0 Å². The number of nitrogens with one attached hydrogen (secondary N) is 2. The molecule has 9 nitrogen and oxygen atoms in total. The summed E-state index contributed by atoms with van der Waals surface area (Å²) in [6.45, 7) is 10.4. The van der Waals surface area contributed by atoms with Gasteiger partial charge < -0.3 is 26.8 Å². The lowest BCUT2D eigenvalue weighted by Crippen LogP contribution is -2.51. The standard InChI is InChI=1S/C18H34N4O5/c1-9(2)7-13(21-15(23)11(5)19)17(25)27-18(26)14(8-10(3)4)22-16(24)12(6)20/h9-14H,7-8,19-20H2,1-6H3,(H,21,23)(H,22,24)/t11-,12-,13-,14-/m0/s1. The maximum atomic E-state index is 12.4. The Hall–Kier alpha value is -2.00. The molecule has 0 rings (SSSR count). The van der Waals surface area contributed by atoms with Crippen LogP contribution in [-0.2, 0) is 23.9 Å². The first kappa shape index (κ1) is 25.0. The zero-order valence-electron chi connectivity index (χ0n) is 17.1. The molecule has 0 aromatic carbocycles. The summed E-state index contributed by atoms with van der Waals surface area (Å²) in [7, 11) is 0. The number of carbonyl (C=O) groups excluding carboxylic acids is 4. The molecule has 0 spiro atoms. The van der Waals surface area contributed by atoms with E-state index in [-0.39, 0.29) is 24.7 Å². The van der Waals surface area contributed by atoms with Crippen molar-refractivity contribution in [3.63, 3.8) is 0 Å². The van der Waals surface area contributed by atoms with Crippen LogP contribution in [0.2, 0.25) is 0 Å². The van der Waals surface area contributed by atoms with E-state index >= 15 is 0 Å². The molecule has 6 N–H and O–H groups in total. The second-order valence-electron chi connectivity index (χ2n) is 7.70. The van der Waals surface area contributed by atoms with E-state index in [4.69, 9.17) is 16.2 Å². The van der Waals surface area contributed by atoms with Crippen LogP contribution in [0.15, 0.2) is 0 Å². The molecule has 0 aliphatic carbocycles. The van der Waals surface area contributed by atoms with Crippen molar-refractivity contribution in [2.75, 3.05) is 0 Å². The quantitative estimate of drug-likeness (QED) is 0.300. The molecule has 156 valence electrons. The lowest BCUT2D eigenvalue weighted by Gasteiger charge is -2.23. The summed E-state index contributed by atoms with van der Waals surface area (Å²) < 4.78 is 4.95. The van der Waals surface area contributed by atoms with Gasteiger partial charge in [0.15, 0.2) is 0 Å². The van der Waals surface area contributed by atoms with Crippen molar-refractivity contribution in [3.8, 4) is 0 Å². The Morgan fingerprint density at radius 1 is 0.704 bits per heavy atom. The molecule has 2 amide bonds. The first-order valence-electron chi connectivity index (χ1n) is 9.22. The molecule has 0 aromatic rings. The Morgan fingerprint density at radius 3 is 1.22 bits per heavy atom. The van der Waals surface area contributed by atoms with Gasteiger partial charge in [0, 0.05) is 0 Å². The van der Waals surface area contributed by atoms with Crippen LogP contribution in [0.25, 0.3) is 0 Å². The normalized spacial score (nSPS) is 15.6. The predicted octanol–water partition coefficient (Wildman–Crippen LogP) is -0.188. The Labute approximate surface area is 160 Å². The highest BCUT2D eigenvalue weighted by Crippen LogP contribution is 2.10. The molecule has 0 fully saturated rings. The fourth-order valence-electron chi connectivity index (χ4n) is 2.22. The van der Waals surface area contributed by atoms with E-state index in [1.54, 1.807) is 0 Å². The van der Waals surface area contributed by atoms with Crippen molar-refractivity contribution in [2.45, 2.75) is 78.6 Å². The van der Waals surface area contributed by atoms with E-state index in [9.17, 15) is 19.2 Å². The summed E-state index contributed by atoms with van der Waals surface area (Å²) in [5.41, 5.74) is 11.0. The van der Waals surface area contributed by atoms with Gasteiger partial charge in [-0.2, -0.15) is 0 Å². The molecule has 27 heavy (non-hydrogen) atoms. The van der Waals surface area contributed by atoms with Gasteiger partial charge >= 0.3 is 11.9 Å². The van der Waals surface area contributed by atoms with E-state index in [0.29, 0.717) is 0 Å². The van der Waals surface area contributed by atoms with Crippen molar-refractivity contribution >= 4 is 23.8 Å². The molecular formula is C18H34N4O5. The molecule has 9 heteroatoms. The fraction of sp³-hybridized carbons (Fsp3) is 0.778. The Kier molecular flexibility index (Phi) is 10.8. The van der Waals surface area contributed by atoms with E-state index in [2.05, 4.69) is 10.6 Å².